The van der Waals surface area contributed by atoms with Crippen LogP contribution in [0.15, 0.2) is 36.5 Å². The van der Waals surface area contributed by atoms with Crippen molar-refractivity contribution in [2.24, 2.45) is 5.73 Å². The van der Waals surface area contributed by atoms with E-state index in [9.17, 15) is 9.59 Å². The third kappa shape index (κ3) is 5.17. The van der Waals surface area contributed by atoms with E-state index in [1.807, 2.05) is 24.3 Å². The van der Waals surface area contributed by atoms with Gasteiger partial charge in [-0.25, -0.2) is 0 Å². The van der Waals surface area contributed by atoms with Gasteiger partial charge in [-0.05, 0) is 17.2 Å². The second-order valence-electron chi connectivity index (χ2n) is 8.23. The number of benzene rings is 1. The highest BCUT2D eigenvalue weighted by molar-refractivity contribution is 6.87. The van der Waals surface area contributed by atoms with Crippen LogP contribution in [0.1, 0.15) is 37.6 Å². The lowest BCUT2D eigenvalue weighted by Gasteiger charge is -2.31. The van der Waals surface area contributed by atoms with Crippen LogP contribution in [-0.4, -0.2) is 30.9 Å². The predicted molar refractivity (Wildman–Crippen MR) is 112 cm³/mol. The van der Waals surface area contributed by atoms with Gasteiger partial charge in [0.15, 0.2) is 0 Å². The lowest BCUT2D eigenvalue weighted by atomic mass is 10.1. The fourth-order valence-electron chi connectivity index (χ4n) is 2.22. The van der Waals surface area contributed by atoms with Gasteiger partial charge in [0.25, 0.3) is 5.91 Å². The number of para-hydroxylation sites is 1. The van der Waals surface area contributed by atoms with Gasteiger partial charge in [-0.3, -0.25) is 14.6 Å². The molecule has 1 aromatic heterocycles. The molecule has 6 heteroatoms. The molecule has 0 bridgehead atoms. The van der Waals surface area contributed by atoms with Crippen molar-refractivity contribution in [3.63, 3.8) is 0 Å². The number of carbonyl (C=O) groups excluding carboxylic acids is 2. The molecule has 2 amide bonds. The largest absolute Gasteiger partial charge is 0.368 e. The Morgan fingerprint density at radius 2 is 1.93 bits per heavy atom. The molecule has 1 atom stereocenters. The maximum absolute atomic E-state index is 12.5. The van der Waals surface area contributed by atoms with Gasteiger partial charge in [0.1, 0.15) is 14.1 Å². The number of aromatic nitrogens is 1. The second kappa shape index (κ2) is 7.93. The smallest absolute Gasteiger partial charge is 0.253 e. The third-order valence-corrected chi connectivity index (χ3v) is 9.64. The number of pyridine rings is 1. The predicted octanol–water partition coefficient (Wildman–Crippen LogP) is 3.26. The van der Waals surface area contributed by atoms with Gasteiger partial charge in [0.2, 0.25) is 5.91 Å². The monoisotopic (exact) mass is 381 g/mol. The van der Waals surface area contributed by atoms with Crippen LogP contribution in [0.2, 0.25) is 18.1 Å². The number of nitrogens with zero attached hydrogens (tertiary/aromatic N) is 1. The third-order valence-electron chi connectivity index (χ3n) is 5.08. The number of carbonyl (C=O) groups is 2. The summed E-state index contributed by atoms with van der Waals surface area (Å²) in [5.41, 5.74) is 10.00. The van der Waals surface area contributed by atoms with Crippen LogP contribution < -0.4 is 11.1 Å². The van der Waals surface area contributed by atoms with E-state index >= 15 is 0 Å². The van der Waals surface area contributed by atoms with Crippen molar-refractivity contribution in [1.82, 2.24) is 10.3 Å². The molecular formula is C21H27N3O2Si. The molecule has 142 valence electrons. The molecular weight excluding hydrogens is 354 g/mol. The Labute approximate surface area is 161 Å². The molecule has 0 aliphatic carbocycles. The number of nitrogens with one attached hydrogen (secondary N) is 1. The number of primary amides is 1. The van der Waals surface area contributed by atoms with Crippen LogP contribution in [0, 0.1) is 11.5 Å². The maximum Gasteiger partial charge on any atom is 0.253 e. The Balaban J connectivity index is 2.13. The Bertz CT molecular complexity index is 920. The Hall–Kier alpha value is -2.65. The van der Waals surface area contributed by atoms with Crippen LogP contribution >= 0.6 is 0 Å². The molecule has 27 heavy (non-hydrogen) atoms. The number of nitrogens with two attached hydrogens (primary N) is 1. The molecule has 1 aromatic carbocycles. The summed E-state index contributed by atoms with van der Waals surface area (Å²) in [5, 5.41) is 3.67. The summed E-state index contributed by atoms with van der Waals surface area (Å²) in [6.07, 6.45) is 1.70. The molecule has 0 fully saturated rings. The Kier molecular flexibility index (Phi) is 6.07. The molecule has 0 aliphatic rings. The van der Waals surface area contributed by atoms with Crippen molar-refractivity contribution in [2.75, 3.05) is 0 Å². The van der Waals surface area contributed by atoms with Crippen molar-refractivity contribution < 1.29 is 9.59 Å². The molecule has 0 saturated carbocycles. The summed E-state index contributed by atoms with van der Waals surface area (Å²) < 4.78 is 0. The summed E-state index contributed by atoms with van der Waals surface area (Å²) in [5.74, 6) is 2.10. The van der Waals surface area contributed by atoms with E-state index in [2.05, 4.69) is 55.6 Å². The molecule has 0 radical (unpaired) electrons. The van der Waals surface area contributed by atoms with Crippen LogP contribution in [0.25, 0.3) is 10.9 Å². The first-order chi connectivity index (χ1) is 12.5. The highest BCUT2D eigenvalue weighted by atomic mass is 28.3. The quantitative estimate of drug-likeness (QED) is 0.630. The first-order valence-corrected chi connectivity index (χ1v) is 12.0. The van der Waals surface area contributed by atoms with Gasteiger partial charge >= 0.3 is 0 Å². The van der Waals surface area contributed by atoms with E-state index in [0.29, 0.717) is 5.56 Å². The Morgan fingerprint density at radius 1 is 1.26 bits per heavy atom. The number of hydrogen-bond donors (Lipinski definition) is 2. The zero-order chi connectivity index (χ0) is 20.2. The van der Waals surface area contributed by atoms with E-state index in [0.717, 1.165) is 10.9 Å². The molecule has 0 saturated heterocycles. The summed E-state index contributed by atoms with van der Waals surface area (Å²) in [4.78, 5) is 28.6. The summed E-state index contributed by atoms with van der Waals surface area (Å²) in [7, 11) is -1.78. The minimum atomic E-state index is -1.78. The van der Waals surface area contributed by atoms with Gasteiger partial charge in [-0.1, -0.05) is 52.1 Å². The number of hydrogen-bond acceptors (Lipinski definition) is 3. The van der Waals surface area contributed by atoms with Crippen molar-refractivity contribution >= 4 is 30.8 Å². The van der Waals surface area contributed by atoms with Crippen molar-refractivity contribution in [1.29, 1.82) is 0 Å². The highest BCUT2D eigenvalue weighted by Gasteiger charge is 2.33. The van der Waals surface area contributed by atoms with Gasteiger partial charge < -0.3 is 11.1 Å². The first kappa shape index (κ1) is 20.7. The SMILES string of the molecule is CC(C)(C)[Si](C)(C)C#CC[C@H](NC(=O)c1cnc2ccccc2c1)C(N)=O. The van der Waals surface area contributed by atoms with E-state index < -0.39 is 20.0 Å². The Morgan fingerprint density at radius 3 is 2.56 bits per heavy atom. The van der Waals surface area contributed by atoms with Gasteiger partial charge in [0.05, 0.1) is 11.1 Å². The second-order valence-corrected chi connectivity index (χ2v) is 13.2. The molecule has 5 nitrogen and oxygen atoms in total. The molecule has 0 aliphatic heterocycles. The summed E-state index contributed by atoms with van der Waals surface area (Å²) >= 11 is 0. The molecule has 2 rings (SSSR count). The average Bonchev–Trinajstić information content (AvgIpc) is 2.59. The fraction of sp³-hybridized carbons (Fsp3) is 0.381. The maximum atomic E-state index is 12.5. The molecule has 2 aromatic rings. The van der Waals surface area contributed by atoms with Gasteiger partial charge in [-0.15, -0.1) is 11.5 Å². The normalized spacial score (nSPS) is 12.8. The van der Waals surface area contributed by atoms with Crippen LogP contribution in [0.4, 0.5) is 0 Å². The topological polar surface area (TPSA) is 85.1 Å². The highest BCUT2D eigenvalue weighted by Crippen LogP contribution is 2.35. The molecule has 1 heterocycles. The van der Waals surface area contributed by atoms with Gasteiger partial charge in [-0.2, -0.15) is 0 Å². The zero-order valence-corrected chi connectivity index (χ0v) is 17.6. The van der Waals surface area contributed by atoms with Crippen molar-refractivity contribution in [3.8, 4) is 11.5 Å². The van der Waals surface area contributed by atoms with Crippen LogP contribution in [-0.2, 0) is 4.79 Å². The lowest BCUT2D eigenvalue weighted by molar-refractivity contribution is -0.119. The summed E-state index contributed by atoms with van der Waals surface area (Å²) in [6, 6.07) is 8.45. The minimum absolute atomic E-state index is 0.127. The number of amides is 2. The molecule has 0 spiro atoms. The molecule has 3 N–H and O–H groups in total. The minimum Gasteiger partial charge on any atom is -0.368 e. The van der Waals surface area contributed by atoms with E-state index in [-0.39, 0.29) is 17.4 Å². The van der Waals surface area contributed by atoms with E-state index in [4.69, 9.17) is 5.73 Å². The first-order valence-electron chi connectivity index (χ1n) is 8.96. The average molecular weight is 382 g/mol. The fourth-order valence-corrected chi connectivity index (χ4v) is 3.14. The van der Waals surface area contributed by atoms with Crippen LogP contribution in [0.3, 0.4) is 0 Å². The standard InChI is InChI=1S/C21H27N3O2Si/c1-21(2,3)27(4,5)12-8-11-18(19(22)25)24-20(26)16-13-15-9-6-7-10-17(15)23-14-16/h6-7,9-10,13-14,18H,11H2,1-5H3,(H2,22,25)(H,24,26)/t18-/m0/s1. The lowest BCUT2D eigenvalue weighted by Crippen LogP contribution is -2.44. The van der Waals surface area contributed by atoms with Crippen molar-refractivity contribution in [2.45, 2.75) is 51.4 Å². The van der Waals surface area contributed by atoms with E-state index in [1.54, 1.807) is 6.07 Å². The number of fused-ring (bicyclic) bond motifs is 1. The number of rotatable bonds is 4. The summed E-state index contributed by atoms with van der Waals surface area (Å²) in [6.45, 7) is 10.9. The molecule has 0 unspecified atom stereocenters. The van der Waals surface area contributed by atoms with E-state index in [1.165, 1.54) is 6.20 Å². The van der Waals surface area contributed by atoms with Crippen molar-refractivity contribution in [3.05, 3.63) is 42.1 Å². The van der Waals surface area contributed by atoms with Crippen LogP contribution in [0.5, 0.6) is 0 Å². The zero-order valence-electron chi connectivity index (χ0n) is 16.6. The van der Waals surface area contributed by atoms with Gasteiger partial charge in [0, 0.05) is 18.0 Å².